The third kappa shape index (κ3) is 3.83. The summed E-state index contributed by atoms with van der Waals surface area (Å²) in [5.74, 6) is -1.52. The van der Waals surface area contributed by atoms with Crippen LogP contribution in [0, 0.1) is 26.1 Å². The van der Waals surface area contributed by atoms with Gasteiger partial charge in [0.2, 0.25) is 0 Å². The van der Waals surface area contributed by atoms with Crippen molar-refractivity contribution in [3.63, 3.8) is 0 Å². The summed E-state index contributed by atoms with van der Waals surface area (Å²) in [6.45, 7) is 1.60. The summed E-state index contributed by atoms with van der Waals surface area (Å²) in [7, 11) is 1.22. The van der Waals surface area contributed by atoms with Gasteiger partial charge >= 0.3 is 5.97 Å². The van der Waals surface area contributed by atoms with Crippen LogP contribution in [0.4, 0.5) is 11.4 Å². The maximum Gasteiger partial charge on any atom is 0.316 e. The van der Waals surface area contributed by atoms with Crippen LogP contribution in [0.15, 0.2) is 53.5 Å². The van der Waals surface area contributed by atoms with E-state index in [1.165, 1.54) is 31.4 Å². The number of carbonyl (C=O) groups excluding carboxylic acids is 1. The van der Waals surface area contributed by atoms with E-state index >= 15 is 0 Å². The number of methoxy groups -OCH3 is 1. The summed E-state index contributed by atoms with van der Waals surface area (Å²) in [5, 5.41) is 26.0. The first-order valence-corrected chi connectivity index (χ1v) is 8.70. The standard InChI is InChI=1S/C19H18N4O6/c1-11-16(19(24)29-2)17(12-7-3-5-9-14(12)22(25)26)21-18(20-11)13-8-4-6-10-15(13)23(27)28/h3-10,16-18,21H,1-2H3/t16?,17-,18-/m1/s1. The van der Waals surface area contributed by atoms with Gasteiger partial charge in [0.25, 0.3) is 11.4 Å². The predicted octanol–water partition coefficient (Wildman–Crippen LogP) is 3.10. The zero-order valence-corrected chi connectivity index (χ0v) is 15.6. The van der Waals surface area contributed by atoms with Gasteiger partial charge in [0.15, 0.2) is 0 Å². The van der Waals surface area contributed by atoms with Crippen molar-refractivity contribution in [1.29, 1.82) is 0 Å². The van der Waals surface area contributed by atoms with Crippen molar-refractivity contribution < 1.29 is 19.4 Å². The molecule has 0 aromatic heterocycles. The molecule has 1 unspecified atom stereocenters. The average molecular weight is 398 g/mol. The summed E-state index contributed by atoms with van der Waals surface area (Å²) in [6, 6.07) is 11.3. The number of esters is 1. The second kappa shape index (κ2) is 8.15. The van der Waals surface area contributed by atoms with Crippen LogP contribution < -0.4 is 5.32 Å². The topological polar surface area (TPSA) is 137 Å². The number of aliphatic imine (C=N–C) groups is 1. The second-order valence-electron chi connectivity index (χ2n) is 6.45. The molecule has 10 nitrogen and oxygen atoms in total. The van der Waals surface area contributed by atoms with Crippen molar-refractivity contribution >= 4 is 23.1 Å². The maximum atomic E-state index is 12.4. The molecule has 0 saturated carbocycles. The summed E-state index contributed by atoms with van der Waals surface area (Å²) >= 11 is 0. The molecular weight excluding hydrogens is 380 g/mol. The van der Waals surface area contributed by atoms with E-state index in [1.807, 2.05) is 0 Å². The maximum absolute atomic E-state index is 12.4. The van der Waals surface area contributed by atoms with Crippen molar-refractivity contribution in [2.75, 3.05) is 7.11 Å². The Morgan fingerprint density at radius 3 is 2.07 bits per heavy atom. The molecule has 0 aliphatic carbocycles. The molecule has 29 heavy (non-hydrogen) atoms. The molecule has 10 heteroatoms. The molecule has 3 rings (SSSR count). The minimum atomic E-state index is -0.917. The number of hydrogen-bond donors (Lipinski definition) is 1. The number of rotatable bonds is 5. The molecule has 150 valence electrons. The normalized spacial score (nSPS) is 21.2. The van der Waals surface area contributed by atoms with Gasteiger partial charge in [0.1, 0.15) is 12.1 Å². The lowest BCUT2D eigenvalue weighted by molar-refractivity contribution is -0.386. The SMILES string of the molecule is COC(=O)C1C(C)=N[C@@H](c2ccccc2[N+](=O)[O-])N[C@@H]1c1ccccc1[N+](=O)[O-]. The number of ether oxygens (including phenoxy) is 1. The van der Waals surface area contributed by atoms with Crippen LogP contribution in [0.25, 0.3) is 0 Å². The Labute approximate surface area is 165 Å². The van der Waals surface area contributed by atoms with Crippen molar-refractivity contribution in [1.82, 2.24) is 5.32 Å². The Hall–Kier alpha value is -3.66. The van der Waals surface area contributed by atoms with E-state index in [4.69, 9.17) is 4.74 Å². The average Bonchev–Trinajstić information content (AvgIpc) is 2.72. The van der Waals surface area contributed by atoms with E-state index in [0.717, 1.165) is 0 Å². The summed E-state index contributed by atoms with van der Waals surface area (Å²) in [5.41, 5.74) is 0.616. The molecule has 1 aliphatic heterocycles. The number of nitrogens with one attached hydrogen (secondary N) is 1. The first-order chi connectivity index (χ1) is 13.8. The molecule has 1 N–H and O–H groups in total. The van der Waals surface area contributed by atoms with E-state index in [-0.39, 0.29) is 16.9 Å². The van der Waals surface area contributed by atoms with Crippen LogP contribution in [0.2, 0.25) is 0 Å². The van der Waals surface area contributed by atoms with Crippen LogP contribution in [-0.4, -0.2) is 28.6 Å². The Balaban J connectivity index is 2.15. The highest BCUT2D eigenvalue weighted by Gasteiger charge is 2.41. The molecule has 3 atom stereocenters. The molecule has 0 saturated heterocycles. The lowest BCUT2D eigenvalue weighted by Gasteiger charge is -2.34. The smallest absolute Gasteiger partial charge is 0.316 e. The van der Waals surface area contributed by atoms with Gasteiger partial charge in [0.05, 0.1) is 28.6 Å². The Morgan fingerprint density at radius 1 is 1.00 bits per heavy atom. The van der Waals surface area contributed by atoms with Crippen molar-refractivity contribution in [2.24, 2.45) is 10.9 Å². The van der Waals surface area contributed by atoms with Gasteiger partial charge in [-0.25, -0.2) is 0 Å². The quantitative estimate of drug-likeness (QED) is 0.464. The summed E-state index contributed by atoms with van der Waals surface area (Å²) < 4.78 is 4.88. The Bertz CT molecular complexity index is 1010. The Morgan fingerprint density at radius 2 is 1.52 bits per heavy atom. The zero-order valence-electron chi connectivity index (χ0n) is 15.6. The van der Waals surface area contributed by atoms with Crippen LogP contribution in [-0.2, 0) is 9.53 Å². The minimum absolute atomic E-state index is 0.139. The van der Waals surface area contributed by atoms with Crippen molar-refractivity contribution in [2.45, 2.75) is 19.1 Å². The summed E-state index contributed by atoms with van der Waals surface area (Å²) in [4.78, 5) is 38.8. The molecule has 1 aliphatic rings. The molecule has 0 bridgehead atoms. The van der Waals surface area contributed by atoms with Crippen LogP contribution >= 0.6 is 0 Å². The third-order valence-corrected chi connectivity index (χ3v) is 4.81. The lowest BCUT2D eigenvalue weighted by Crippen LogP contribution is -2.43. The molecule has 0 radical (unpaired) electrons. The van der Waals surface area contributed by atoms with Gasteiger partial charge < -0.3 is 4.74 Å². The molecule has 0 amide bonds. The van der Waals surface area contributed by atoms with Crippen molar-refractivity contribution in [3.8, 4) is 0 Å². The van der Waals surface area contributed by atoms with Gasteiger partial charge in [-0.1, -0.05) is 30.3 Å². The largest absolute Gasteiger partial charge is 0.468 e. The lowest BCUT2D eigenvalue weighted by atomic mass is 9.86. The fourth-order valence-corrected chi connectivity index (χ4v) is 3.49. The highest BCUT2D eigenvalue weighted by molar-refractivity contribution is 6.02. The van der Waals surface area contributed by atoms with E-state index in [2.05, 4.69) is 10.3 Å². The molecule has 1 heterocycles. The van der Waals surface area contributed by atoms with Gasteiger partial charge in [-0.2, -0.15) is 0 Å². The molecule has 2 aromatic rings. The van der Waals surface area contributed by atoms with E-state index in [1.54, 1.807) is 31.2 Å². The predicted molar refractivity (Wildman–Crippen MR) is 103 cm³/mol. The number of benzene rings is 2. The molecular formula is C19H18N4O6. The zero-order chi connectivity index (χ0) is 21.1. The van der Waals surface area contributed by atoms with E-state index in [9.17, 15) is 25.0 Å². The highest BCUT2D eigenvalue weighted by atomic mass is 16.6. The van der Waals surface area contributed by atoms with E-state index < -0.39 is 33.9 Å². The first kappa shape index (κ1) is 20.1. The molecule has 0 fully saturated rings. The number of nitro groups is 2. The monoisotopic (exact) mass is 398 g/mol. The first-order valence-electron chi connectivity index (χ1n) is 8.70. The molecule has 0 spiro atoms. The number of carbonyl (C=O) groups is 1. The fraction of sp³-hybridized carbons (Fsp3) is 0.263. The number of nitrogens with zero attached hydrogens (tertiary/aromatic N) is 3. The van der Waals surface area contributed by atoms with Gasteiger partial charge in [-0.3, -0.25) is 35.3 Å². The number of nitro benzene ring substituents is 2. The van der Waals surface area contributed by atoms with Crippen molar-refractivity contribution in [3.05, 3.63) is 79.9 Å². The fourth-order valence-electron chi connectivity index (χ4n) is 3.49. The van der Waals surface area contributed by atoms with E-state index in [0.29, 0.717) is 11.3 Å². The minimum Gasteiger partial charge on any atom is -0.468 e. The third-order valence-electron chi connectivity index (χ3n) is 4.81. The van der Waals surface area contributed by atoms with Crippen LogP contribution in [0.5, 0.6) is 0 Å². The van der Waals surface area contributed by atoms with Crippen LogP contribution in [0.1, 0.15) is 30.3 Å². The van der Waals surface area contributed by atoms with Crippen LogP contribution in [0.3, 0.4) is 0 Å². The second-order valence-corrected chi connectivity index (χ2v) is 6.45. The van der Waals surface area contributed by atoms with Gasteiger partial charge in [-0.05, 0) is 13.0 Å². The Kier molecular flexibility index (Phi) is 5.64. The van der Waals surface area contributed by atoms with Gasteiger partial charge in [0, 0.05) is 23.4 Å². The molecule has 2 aromatic carbocycles. The number of hydrogen-bond acceptors (Lipinski definition) is 8. The highest BCUT2D eigenvalue weighted by Crippen LogP contribution is 2.38. The number of para-hydroxylation sites is 2. The summed E-state index contributed by atoms with van der Waals surface area (Å²) in [6.07, 6.45) is -0.859. The van der Waals surface area contributed by atoms with Gasteiger partial charge in [-0.15, -0.1) is 0 Å².